The third-order valence-corrected chi connectivity index (χ3v) is 10.2. The number of carbonyl (C=O) groups excluding carboxylic acids is 1. The van der Waals surface area contributed by atoms with Gasteiger partial charge in [0.25, 0.3) is 0 Å². The van der Waals surface area contributed by atoms with Crippen molar-refractivity contribution in [1.82, 2.24) is 0 Å². The quantitative estimate of drug-likeness (QED) is 0.0726. The van der Waals surface area contributed by atoms with Crippen LogP contribution in [0.25, 0.3) is 0 Å². The van der Waals surface area contributed by atoms with Crippen LogP contribution in [-0.2, 0) is 16.3 Å². The van der Waals surface area contributed by atoms with Gasteiger partial charge in [0.2, 0.25) is 0 Å². The Hall–Kier alpha value is -3.52. The van der Waals surface area contributed by atoms with Gasteiger partial charge in [0.1, 0.15) is 0 Å². The Morgan fingerprint density at radius 2 is 0.830 bits per heavy atom. The predicted molar refractivity (Wildman–Crippen MR) is 184 cm³/mol. The number of rotatable bonds is 7. The summed E-state index contributed by atoms with van der Waals surface area (Å²) in [4.78, 5) is 19.3. The van der Waals surface area contributed by atoms with Crippen molar-refractivity contribution in [2.24, 2.45) is 0 Å². The number of halogens is 6. The van der Waals surface area contributed by atoms with Crippen molar-refractivity contribution in [2.45, 2.75) is 64.5 Å². The van der Waals surface area contributed by atoms with Crippen LogP contribution in [0.5, 0.6) is 0 Å². The van der Waals surface area contributed by atoms with E-state index >= 15 is 0 Å². The summed E-state index contributed by atoms with van der Waals surface area (Å²) in [5, 5.41) is 0. The molecule has 0 radical (unpaired) electrons. The second kappa shape index (κ2) is 13.2. The molecule has 0 saturated heterocycles. The van der Waals surface area contributed by atoms with Crippen molar-refractivity contribution in [3.05, 3.63) is 149 Å². The summed E-state index contributed by atoms with van der Waals surface area (Å²) in [7, 11) is -10.8. The Balaban J connectivity index is 0.000000644. The molecule has 0 spiro atoms. The van der Waals surface area contributed by atoms with E-state index in [1.165, 1.54) is 36.3 Å². The van der Waals surface area contributed by atoms with Crippen LogP contribution >= 0.6 is 19.6 Å². The standard InChI is InChI=1S/C37H35OS2.F6P/c1-26-6-20-33(21-7-26)40(34-22-8-27(2)9-23-34)35-24-18-32(19-25-35)39-31-16-12-29(13-17-31)36(38)28-10-14-30(15-11-28)37(3,4)5;1-7(2,3,4,5)6/h6-25H,1-5H3;/q+1;-1. The van der Waals surface area contributed by atoms with Crippen LogP contribution < -0.4 is 0 Å². The SMILES string of the molecule is Cc1ccc([S+](c2ccc(C)cc2)c2ccc(Sc3ccc(C(=O)c4ccc(C(C)(C)C)cc4)cc3)cc2)cc1.F[P-](F)(F)(F)(F)F. The molecular weight excluding hydrogens is 670 g/mol. The Kier molecular flexibility index (Phi) is 10.2. The van der Waals surface area contributed by atoms with Gasteiger partial charge in [-0.2, -0.15) is 0 Å². The second-order valence-electron chi connectivity index (χ2n) is 12.1. The molecule has 0 amide bonds. The molecule has 5 rings (SSSR count). The Labute approximate surface area is 279 Å². The molecule has 10 heteroatoms. The topological polar surface area (TPSA) is 17.1 Å². The van der Waals surface area contributed by atoms with Gasteiger partial charge in [-0.25, -0.2) is 0 Å². The number of benzene rings is 5. The van der Waals surface area contributed by atoms with E-state index in [4.69, 9.17) is 0 Å². The van der Waals surface area contributed by atoms with E-state index in [1.54, 1.807) is 11.8 Å². The van der Waals surface area contributed by atoms with Crippen LogP contribution in [0.3, 0.4) is 0 Å². The van der Waals surface area contributed by atoms with Gasteiger partial charge in [0.05, 0.1) is 10.9 Å². The monoisotopic (exact) mass is 704 g/mol. The van der Waals surface area contributed by atoms with Crippen LogP contribution in [0.4, 0.5) is 25.2 Å². The van der Waals surface area contributed by atoms with Crippen LogP contribution in [-0.4, -0.2) is 5.78 Å². The predicted octanol–water partition coefficient (Wildman–Crippen LogP) is 13.5. The number of ketones is 1. The molecule has 0 heterocycles. The van der Waals surface area contributed by atoms with Crippen molar-refractivity contribution in [1.29, 1.82) is 0 Å². The molecule has 47 heavy (non-hydrogen) atoms. The van der Waals surface area contributed by atoms with E-state index in [0.717, 1.165) is 10.5 Å². The minimum atomic E-state index is -10.7. The normalized spacial score (nSPS) is 13.3. The van der Waals surface area contributed by atoms with E-state index in [-0.39, 0.29) is 22.1 Å². The van der Waals surface area contributed by atoms with E-state index in [1.807, 2.05) is 36.4 Å². The van der Waals surface area contributed by atoms with Crippen molar-refractivity contribution in [3.8, 4) is 0 Å². The summed E-state index contributed by atoms with van der Waals surface area (Å²) < 4.78 is 59.2. The zero-order valence-electron chi connectivity index (χ0n) is 26.5. The van der Waals surface area contributed by atoms with Gasteiger partial charge < -0.3 is 0 Å². The average Bonchev–Trinajstić information content (AvgIpc) is 2.98. The number of hydrogen-bond donors (Lipinski definition) is 0. The molecule has 0 aliphatic heterocycles. The Morgan fingerprint density at radius 3 is 1.17 bits per heavy atom. The summed E-state index contributed by atoms with van der Waals surface area (Å²) >= 11 is 1.72. The second-order valence-corrected chi connectivity index (χ2v) is 17.2. The van der Waals surface area contributed by atoms with Gasteiger partial charge in [-0.15, -0.1) is 0 Å². The summed E-state index contributed by atoms with van der Waals surface area (Å²) in [5.41, 5.74) is 5.28. The Bertz CT molecular complexity index is 1760. The van der Waals surface area contributed by atoms with Crippen LogP contribution in [0.15, 0.2) is 146 Å². The first-order chi connectivity index (χ1) is 21.6. The van der Waals surface area contributed by atoms with Gasteiger partial charge in [-0.1, -0.05) is 92.2 Å². The molecule has 248 valence electrons. The Morgan fingerprint density at radius 1 is 0.532 bits per heavy atom. The van der Waals surface area contributed by atoms with Crippen molar-refractivity contribution in [2.75, 3.05) is 0 Å². The van der Waals surface area contributed by atoms with Gasteiger partial charge in [0, 0.05) is 20.9 Å². The van der Waals surface area contributed by atoms with Crippen molar-refractivity contribution in [3.63, 3.8) is 0 Å². The molecule has 0 N–H and O–H groups in total. The maximum absolute atomic E-state index is 13.0. The maximum atomic E-state index is 13.0. The summed E-state index contributed by atoms with van der Waals surface area (Å²) in [6, 6.07) is 42.7. The average molecular weight is 705 g/mol. The van der Waals surface area contributed by atoms with E-state index in [0.29, 0.717) is 5.56 Å². The molecule has 0 bridgehead atoms. The molecular formula is C37H35F6OPS2. The van der Waals surface area contributed by atoms with Gasteiger partial charge >= 0.3 is 33.0 Å². The van der Waals surface area contributed by atoms with Crippen molar-refractivity contribution < 1.29 is 30.0 Å². The molecule has 0 fully saturated rings. The molecule has 0 unspecified atom stereocenters. The van der Waals surface area contributed by atoms with E-state index in [2.05, 4.69) is 120 Å². The third-order valence-electron chi connectivity index (χ3n) is 6.94. The summed E-state index contributed by atoms with van der Waals surface area (Å²) in [6.45, 7) is 10.8. The molecule has 0 aliphatic rings. The first-order valence-electron chi connectivity index (χ1n) is 14.6. The summed E-state index contributed by atoms with van der Waals surface area (Å²) in [5.74, 6) is 0.0561. The zero-order valence-corrected chi connectivity index (χ0v) is 29.0. The summed E-state index contributed by atoms with van der Waals surface area (Å²) in [6.07, 6.45) is 0. The number of carbonyl (C=O) groups is 1. The van der Waals surface area contributed by atoms with Gasteiger partial charge in [0.15, 0.2) is 20.5 Å². The van der Waals surface area contributed by atoms with Crippen molar-refractivity contribution >= 4 is 36.2 Å². The van der Waals surface area contributed by atoms with Crippen LogP contribution in [0.2, 0.25) is 0 Å². The molecule has 0 atom stereocenters. The fraction of sp³-hybridized carbons (Fsp3) is 0.162. The van der Waals surface area contributed by atoms with Gasteiger partial charge in [-0.05, 0) is 97.6 Å². The molecule has 5 aromatic rings. The molecule has 0 aliphatic carbocycles. The third kappa shape index (κ3) is 11.9. The molecule has 5 aromatic carbocycles. The van der Waals surface area contributed by atoms with E-state index < -0.39 is 7.81 Å². The number of aryl methyl sites for hydroxylation is 2. The minimum absolute atomic E-state index is 0.0561. The zero-order chi connectivity index (χ0) is 34.7. The van der Waals surface area contributed by atoms with Crippen LogP contribution in [0.1, 0.15) is 53.4 Å². The first-order valence-corrected chi connectivity index (χ1v) is 18.7. The first kappa shape index (κ1) is 36.3. The molecule has 0 aromatic heterocycles. The molecule has 0 saturated carbocycles. The van der Waals surface area contributed by atoms with Gasteiger partial charge in [-0.3, -0.25) is 4.79 Å². The molecule has 1 nitrogen and oxygen atoms in total. The fourth-order valence-electron chi connectivity index (χ4n) is 4.50. The number of hydrogen-bond acceptors (Lipinski definition) is 2. The van der Waals surface area contributed by atoms with Crippen LogP contribution in [0, 0.1) is 13.8 Å². The van der Waals surface area contributed by atoms with E-state index in [9.17, 15) is 30.0 Å². The fourth-order valence-corrected chi connectivity index (χ4v) is 7.36.